The molecule has 0 saturated heterocycles. The first-order valence-electron chi connectivity index (χ1n) is 6.48. The van der Waals surface area contributed by atoms with Crippen molar-refractivity contribution in [2.24, 2.45) is 5.73 Å². The van der Waals surface area contributed by atoms with Crippen molar-refractivity contribution in [3.8, 4) is 5.69 Å². The summed E-state index contributed by atoms with van der Waals surface area (Å²) in [4.78, 5) is 12.2. The minimum Gasteiger partial charge on any atom is -0.323 e. The molecule has 1 saturated carbocycles. The number of nitrogens with two attached hydrogens (primary N) is 1. The zero-order valence-electron chi connectivity index (χ0n) is 10.8. The Balaban J connectivity index is 1.92. The summed E-state index contributed by atoms with van der Waals surface area (Å²) in [6, 6.07) is 7.10. The SMILES string of the molecule is NC1(C(=O)Nc2cc(Cl)ccc2-n2cccn2)CCC1. The molecule has 3 N–H and O–H groups in total. The Labute approximate surface area is 121 Å². The Morgan fingerprint density at radius 3 is 2.85 bits per heavy atom. The van der Waals surface area contributed by atoms with Crippen molar-refractivity contribution in [2.45, 2.75) is 24.8 Å². The van der Waals surface area contributed by atoms with E-state index in [1.165, 1.54) is 0 Å². The Morgan fingerprint density at radius 2 is 2.25 bits per heavy atom. The molecule has 3 rings (SSSR count). The van der Waals surface area contributed by atoms with Crippen LogP contribution < -0.4 is 11.1 Å². The second-order valence-electron chi connectivity index (χ2n) is 5.08. The zero-order valence-corrected chi connectivity index (χ0v) is 11.6. The predicted molar refractivity (Wildman–Crippen MR) is 78.0 cm³/mol. The van der Waals surface area contributed by atoms with E-state index in [4.69, 9.17) is 17.3 Å². The van der Waals surface area contributed by atoms with Crippen molar-refractivity contribution < 1.29 is 4.79 Å². The largest absolute Gasteiger partial charge is 0.323 e. The number of rotatable bonds is 3. The number of carbonyl (C=O) groups excluding carboxylic acids is 1. The summed E-state index contributed by atoms with van der Waals surface area (Å²) in [5.41, 5.74) is 6.66. The van der Waals surface area contributed by atoms with E-state index < -0.39 is 5.54 Å². The lowest BCUT2D eigenvalue weighted by molar-refractivity contribution is -0.123. The maximum absolute atomic E-state index is 12.2. The minimum absolute atomic E-state index is 0.167. The third-order valence-corrected chi connectivity index (χ3v) is 3.89. The third-order valence-electron chi connectivity index (χ3n) is 3.66. The fourth-order valence-electron chi connectivity index (χ4n) is 2.25. The van der Waals surface area contributed by atoms with E-state index in [1.807, 2.05) is 12.1 Å². The second-order valence-corrected chi connectivity index (χ2v) is 5.51. The van der Waals surface area contributed by atoms with Crippen molar-refractivity contribution in [3.63, 3.8) is 0 Å². The average Bonchev–Trinajstić information content (AvgIpc) is 2.89. The average molecular weight is 291 g/mol. The molecule has 2 aromatic rings. The van der Waals surface area contributed by atoms with Gasteiger partial charge in [0.15, 0.2) is 0 Å². The number of amides is 1. The molecule has 1 aliphatic rings. The number of hydrogen-bond donors (Lipinski definition) is 2. The van der Waals surface area contributed by atoms with Crippen LogP contribution in [0.25, 0.3) is 5.69 Å². The summed E-state index contributed by atoms with van der Waals surface area (Å²) in [5.74, 6) is -0.167. The number of nitrogens with one attached hydrogen (secondary N) is 1. The molecule has 1 heterocycles. The highest BCUT2D eigenvalue weighted by Crippen LogP contribution is 2.32. The van der Waals surface area contributed by atoms with Crippen LogP contribution in [0.2, 0.25) is 5.02 Å². The van der Waals surface area contributed by atoms with Crippen molar-refractivity contribution in [1.29, 1.82) is 0 Å². The fraction of sp³-hybridized carbons (Fsp3) is 0.286. The van der Waals surface area contributed by atoms with E-state index in [0.29, 0.717) is 10.7 Å². The van der Waals surface area contributed by atoms with Crippen molar-refractivity contribution in [3.05, 3.63) is 41.7 Å². The normalized spacial score (nSPS) is 16.5. The van der Waals surface area contributed by atoms with E-state index in [9.17, 15) is 4.79 Å². The summed E-state index contributed by atoms with van der Waals surface area (Å²) in [6.45, 7) is 0. The molecule has 0 atom stereocenters. The third kappa shape index (κ3) is 2.30. The van der Waals surface area contributed by atoms with Gasteiger partial charge in [-0.1, -0.05) is 11.6 Å². The molecule has 20 heavy (non-hydrogen) atoms. The molecule has 0 radical (unpaired) electrons. The molecule has 1 fully saturated rings. The van der Waals surface area contributed by atoms with Gasteiger partial charge in [0.1, 0.15) is 0 Å². The molecule has 104 valence electrons. The van der Waals surface area contributed by atoms with Crippen LogP contribution >= 0.6 is 11.6 Å². The molecule has 0 aliphatic heterocycles. The number of nitrogens with zero attached hydrogens (tertiary/aromatic N) is 2. The first-order valence-corrected chi connectivity index (χ1v) is 6.86. The van der Waals surface area contributed by atoms with Gasteiger partial charge in [0.2, 0.25) is 5.91 Å². The Kier molecular flexibility index (Phi) is 3.23. The van der Waals surface area contributed by atoms with Crippen LogP contribution in [0, 0.1) is 0 Å². The molecule has 1 amide bonds. The molecular formula is C14H15ClN4O. The van der Waals surface area contributed by atoms with Crippen LogP contribution in [-0.4, -0.2) is 21.2 Å². The number of hydrogen-bond acceptors (Lipinski definition) is 3. The van der Waals surface area contributed by atoms with Gasteiger partial charge in [-0.25, -0.2) is 4.68 Å². The van der Waals surface area contributed by atoms with Gasteiger partial charge in [0.05, 0.1) is 16.9 Å². The number of benzene rings is 1. The first kappa shape index (κ1) is 13.1. The molecule has 1 aromatic heterocycles. The van der Waals surface area contributed by atoms with Crippen LogP contribution in [0.4, 0.5) is 5.69 Å². The zero-order chi connectivity index (χ0) is 14.2. The Hall–Kier alpha value is -1.85. The molecule has 1 aliphatic carbocycles. The highest BCUT2D eigenvalue weighted by atomic mass is 35.5. The van der Waals surface area contributed by atoms with Gasteiger partial charge < -0.3 is 11.1 Å². The standard InChI is InChI=1S/C14H15ClN4O/c15-10-3-4-12(19-8-2-7-17-19)11(9-10)18-13(20)14(16)5-1-6-14/h2-4,7-9H,1,5-6,16H2,(H,18,20). The van der Waals surface area contributed by atoms with Gasteiger partial charge >= 0.3 is 0 Å². The van der Waals surface area contributed by atoms with E-state index in [-0.39, 0.29) is 5.91 Å². The summed E-state index contributed by atoms with van der Waals surface area (Å²) >= 11 is 6.01. The molecule has 0 spiro atoms. The van der Waals surface area contributed by atoms with Crippen LogP contribution in [0.5, 0.6) is 0 Å². The summed E-state index contributed by atoms with van der Waals surface area (Å²) < 4.78 is 1.68. The van der Waals surface area contributed by atoms with Gasteiger partial charge in [0, 0.05) is 17.4 Å². The van der Waals surface area contributed by atoms with E-state index in [1.54, 1.807) is 29.2 Å². The maximum Gasteiger partial charge on any atom is 0.244 e. The van der Waals surface area contributed by atoms with Gasteiger partial charge in [-0.3, -0.25) is 4.79 Å². The number of carbonyl (C=O) groups is 1. The van der Waals surface area contributed by atoms with Crippen LogP contribution in [0.1, 0.15) is 19.3 Å². The fourth-order valence-corrected chi connectivity index (χ4v) is 2.42. The van der Waals surface area contributed by atoms with E-state index in [0.717, 1.165) is 24.9 Å². The smallest absolute Gasteiger partial charge is 0.244 e. The molecule has 0 bridgehead atoms. The molecular weight excluding hydrogens is 276 g/mol. The van der Waals surface area contributed by atoms with Crippen LogP contribution in [-0.2, 0) is 4.79 Å². The number of anilines is 1. The molecule has 1 aromatic carbocycles. The van der Waals surface area contributed by atoms with Crippen molar-refractivity contribution >= 4 is 23.2 Å². The van der Waals surface area contributed by atoms with Crippen LogP contribution in [0.3, 0.4) is 0 Å². The van der Waals surface area contributed by atoms with Crippen molar-refractivity contribution in [1.82, 2.24) is 9.78 Å². The highest BCUT2D eigenvalue weighted by molar-refractivity contribution is 6.31. The van der Waals surface area contributed by atoms with E-state index in [2.05, 4.69) is 10.4 Å². The number of halogens is 1. The summed E-state index contributed by atoms with van der Waals surface area (Å²) in [7, 11) is 0. The molecule has 5 nitrogen and oxygen atoms in total. The Morgan fingerprint density at radius 1 is 1.45 bits per heavy atom. The minimum atomic E-state index is -0.746. The lowest BCUT2D eigenvalue weighted by atomic mass is 9.77. The molecule has 0 unspecified atom stereocenters. The summed E-state index contributed by atoms with van der Waals surface area (Å²) in [6.07, 6.45) is 5.91. The molecule has 6 heteroatoms. The summed E-state index contributed by atoms with van der Waals surface area (Å²) in [5, 5.41) is 7.60. The van der Waals surface area contributed by atoms with Crippen LogP contribution in [0.15, 0.2) is 36.7 Å². The topological polar surface area (TPSA) is 72.9 Å². The lowest BCUT2D eigenvalue weighted by Gasteiger charge is -2.36. The highest BCUT2D eigenvalue weighted by Gasteiger charge is 2.40. The van der Waals surface area contributed by atoms with Gasteiger partial charge in [-0.05, 0) is 43.5 Å². The first-order chi connectivity index (χ1) is 9.58. The lowest BCUT2D eigenvalue weighted by Crippen LogP contribution is -2.56. The predicted octanol–water partition coefficient (Wildman–Crippen LogP) is 2.35. The number of aromatic nitrogens is 2. The van der Waals surface area contributed by atoms with Crippen molar-refractivity contribution in [2.75, 3.05) is 5.32 Å². The van der Waals surface area contributed by atoms with Gasteiger partial charge in [0.25, 0.3) is 0 Å². The van der Waals surface area contributed by atoms with Gasteiger partial charge in [-0.15, -0.1) is 0 Å². The van der Waals surface area contributed by atoms with Gasteiger partial charge in [-0.2, -0.15) is 5.10 Å². The Bertz CT molecular complexity index is 635. The van der Waals surface area contributed by atoms with E-state index >= 15 is 0 Å². The second kappa shape index (κ2) is 4.92. The quantitative estimate of drug-likeness (QED) is 0.911. The monoisotopic (exact) mass is 290 g/mol. The maximum atomic E-state index is 12.2.